The lowest BCUT2D eigenvalue weighted by Gasteiger charge is -1.95. The molecule has 0 amide bonds. The molecule has 3 heterocycles. The molecule has 3 aromatic rings. The van der Waals surface area contributed by atoms with Crippen LogP contribution in [0.25, 0.3) is 11.0 Å². The second kappa shape index (κ2) is 3.58. The summed E-state index contributed by atoms with van der Waals surface area (Å²) in [5.41, 5.74) is 10.1. The van der Waals surface area contributed by atoms with Crippen LogP contribution in [-0.4, -0.2) is 25.0 Å². The topological polar surface area (TPSA) is 85.4 Å². The van der Waals surface area contributed by atoms with Gasteiger partial charge < -0.3 is 5.73 Å². The minimum Gasteiger partial charge on any atom is -0.397 e. The van der Waals surface area contributed by atoms with Crippen LogP contribution in [0.1, 0.15) is 11.3 Å². The molecule has 0 spiro atoms. The molecule has 0 aliphatic rings. The molecule has 0 aromatic carbocycles. The van der Waals surface area contributed by atoms with Crippen molar-refractivity contribution in [3.63, 3.8) is 0 Å². The van der Waals surface area contributed by atoms with Gasteiger partial charge in [0.15, 0.2) is 0 Å². The van der Waals surface area contributed by atoms with Crippen LogP contribution in [-0.2, 0) is 13.5 Å². The van der Waals surface area contributed by atoms with Crippen molar-refractivity contribution in [2.24, 2.45) is 7.05 Å². The molecule has 0 fully saturated rings. The molecule has 6 heteroatoms. The second-order valence-corrected chi connectivity index (χ2v) is 4.00. The number of aryl methyl sites for hydroxylation is 1. The Bertz CT molecular complexity index is 665. The van der Waals surface area contributed by atoms with Crippen molar-refractivity contribution < 1.29 is 0 Å². The number of H-pyrrole nitrogens is 1. The van der Waals surface area contributed by atoms with Crippen LogP contribution in [0, 0.1) is 0 Å². The molecule has 6 nitrogen and oxygen atoms in total. The average molecular weight is 228 g/mol. The number of aromatic amines is 1. The van der Waals surface area contributed by atoms with E-state index in [9.17, 15) is 0 Å². The molecule has 3 N–H and O–H groups in total. The Balaban J connectivity index is 2.04. The lowest BCUT2D eigenvalue weighted by atomic mass is 10.2. The van der Waals surface area contributed by atoms with Gasteiger partial charge in [-0.3, -0.25) is 14.8 Å². The van der Waals surface area contributed by atoms with E-state index in [1.165, 1.54) is 0 Å². The highest BCUT2D eigenvalue weighted by atomic mass is 15.2. The third kappa shape index (κ3) is 1.63. The van der Waals surface area contributed by atoms with E-state index in [4.69, 9.17) is 5.73 Å². The first kappa shape index (κ1) is 9.83. The van der Waals surface area contributed by atoms with Gasteiger partial charge in [0.25, 0.3) is 0 Å². The highest BCUT2D eigenvalue weighted by Crippen LogP contribution is 2.20. The minimum atomic E-state index is 0.642. The van der Waals surface area contributed by atoms with E-state index in [1.807, 2.05) is 19.4 Å². The SMILES string of the molecule is Cn1cc(Cc2[nH]nc3c(N)ccnc23)cn1. The summed E-state index contributed by atoms with van der Waals surface area (Å²) in [5, 5.41) is 11.3. The predicted octanol–water partition coefficient (Wildman–Crippen LogP) is 0.864. The Kier molecular flexibility index (Phi) is 2.07. The predicted molar refractivity (Wildman–Crippen MR) is 64.3 cm³/mol. The van der Waals surface area contributed by atoms with Crippen LogP contribution in [0.3, 0.4) is 0 Å². The number of nitrogen functional groups attached to an aromatic ring is 1. The van der Waals surface area contributed by atoms with Gasteiger partial charge in [-0.05, 0) is 11.6 Å². The number of aromatic nitrogens is 5. The number of nitrogens with zero attached hydrogens (tertiary/aromatic N) is 4. The van der Waals surface area contributed by atoms with Crippen molar-refractivity contribution >= 4 is 16.7 Å². The van der Waals surface area contributed by atoms with Crippen LogP contribution in [0.15, 0.2) is 24.7 Å². The maximum absolute atomic E-state index is 5.83. The van der Waals surface area contributed by atoms with Crippen molar-refractivity contribution in [2.45, 2.75) is 6.42 Å². The van der Waals surface area contributed by atoms with Crippen molar-refractivity contribution in [3.8, 4) is 0 Å². The molecule has 0 atom stereocenters. The van der Waals surface area contributed by atoms with Gasteiger partial charge in [0.05, 0.1) is 17.6 Å². The van der Waals surface area contributed by atoms with Crippen molar-refractivity contribution in [1.29, 1.82) is 0 Å². The summed E-state index contributed by atoms with van der Waals surface area (Å²) in [7, 11) is 1.89. The van der Waals surface area contributed by atoms with E-state index in [1.54, 1.807) is 16.9 Å². The molecule has 17 heavy (non-hydrogen) atoms. The zero-order valence-electron chi connectivity index (χ0n) is 9.38. The van der Waals surface area contributed by atoms with Gasteiger partial charge in [-0.25, -0.2) is 0 Å². The highest BCUT2D eigenvalue weighted by Gasteiger charge is 2.10. The molecule has 0 aliphatic heterocycles. The normalized spacial score (nSPS) is 11.1. The molecule has 0 aliphatic carbocycles. The van der Waals surface area contributed by atoms with Gasteiger partial charge in [-0.15, -0.1) is 0 Å². The smallest absolute Gasteiger partial charge is 0.134 e. The molecule has 3 rings (SSSR count). The Morgan fingerprint density at radius 3 is 3.06 bits per heavy atom. The van der Waals surface area contributed by atoms with E-state index >= 15 is 0 Å². The Morgan fingerprint density at radius 2 is 2.29 bits per heavy atom. The lowest BCUT2D eigenvalue weighted by molar-refractivity contribution is 0.767. The number of pyridine rings is 1. The van der Waals surface area contributed by atoms with Gasteiger partial charge >= 0.3 is 0 Å². The average Bonchev–Trinajstić information content (AvgIpc) is 2.88. The molecule has 0 bridgehead atoms. The molecular weight excluding hydrogens is 216 g/mol. The van der Waals surface area contributed by atoms with Crippen LogP contribution in [0.5, 0.6) is 0 Å². The number of hydrogen-bond acceptors (Lipinski definition) is 4. The van der Waals surface area contributed by atoms with E-state index < -0.39 is 0 Å². The van der Waals surface area contributed by atoms with Crippen LogP contribution >= 0.6 is 0 Å². The zero-order chi connectivity index (χ0) is 11.8. The summed E-state index contributed by atoms with van der Waals surface area (Å²) < 4.78 is 1.77. The van der Waals surface area contributed by atoms with Crippen molar-refractivity contribution in [1.82, 2.24) is 25.0 Å². The fourth-order valence-corrected chi connectivity index (χ4v) is 1.87. The third-order valence-corrected chi connectivity index (χ3v) is 2.68. The van der Waals surface area contributed by atoms with Gasteiger partial charge in [0.1, 0.15) is 11.0 Å². The van der Waals surface area contributed by atoms with E-state index in [0.29, 0.717) is 5.69 Å². The zero-order valence-corrected chi connectivity index (χ0v) is 9.38. The standard InChI is InChI=1S/C11H12N6/c1-17-6-7(5-14-17)4-9-11-10(16-15-9)8(12)2-3-13-11/h2-3,5-6H,4H2,1H3,(H2,12,13)(H,15,16). The van der Waals surface area contributed by atoms with Crippen molar-refractivity contribution in [2.75, 3.05) is 5.73 Å². The number of fused-ring (bicyclic) bond motifs is 1. The summed E-state index contributed by atoms with van der Waals surface area (Å²) in [6.07, 6.45) is 6.22. The largest absolute Gasteiger partial charge is 0.397 e. The first-order valence-electron chi connectivity index (χ1n) is 5.29. The number of anilines is 1. The molecule has 0 saturated carbocycles. The molecule has 0 saturated heterocycles. The molecular formula is C11H12N6. The molecule has 86 valence electrons. The van der Waals surface area contributed by atoms with Gasteiger partial charge in [-0.1, -0.05) is 0 Å². The monoisotopic (exact) mass is 228 g/mol. The summed E-state index contributed by atoms with van der Waals surface area (Å²) in [5.74, 6) is 0. The first-order valence-corrected chi connectivity index (χ1v) is 5.29. The van der Waals surface area contributed by atoms with Gasteiger partial charge in [0, 0.05) is 25.9 Å². The molecule has 3 aromatic heterocycles. The summed E-state index contributed by atoms with van der Waals surface area (Å²) in [6.45, 7) is 0. The number of rotatable bonds is 2. The highest BCUT2D eigenvalue weighted by molar-refractivity contribution is 5.87. The lowest BCUT2D eigenvalue weighted by Crippen LogP contribution is -1.90. The number of nitrogens with two attached hydrogens (primary N) is 1. The number of hydrogen-bond donors (Lipinski definition) is 2. The Morgan fingerprint density at radius 1 is 1.41 bits per heavy atom. The van der Waals surface area contributed by atoms with Gasteiger partial charge in [-0.2, -0.15) is 10.2 Å². The maximum Gasteiger partial charge on any atom is 0.134 e. The quantitative estimate of drug-likeness (QED) is 0.681. The molecule has 0 radical (unpaired) electrons. The second-order valence-electron chi connectivity index (χ2n) is 4.00. The van der Waals surface area contributed by atoms with E-state index in [2.05, 4.69) is 20.3 Å². The Hall–Kier alpha value is -2.37. The van der Waals surface area contributed by atoms with Gasteiger partial charge in [0.2, 0.25) is 0 Å². The van der Waals surface area contributed by atoms with Crippen LogP contribution in [0.2, 0.25) is 0 Å². The fraction of sp³-hybridized carbons (Fsp3) is 0.182. The fourth-order valence-electron chi connectivity index (χ4n) is 1.87. The first-order chi connectivity index (χ1) is 8.24. The van der Waals surface area contributed by atoms with E-state index in [0.717, 1.165) is 28.7 Å². The van der Waals surface area contributed by atoms with Crippen molar-refractivity contribution in [3.05, 3.63) is 35.9 Å². The van der Waals surface area contributed by atoms with E-state index in [-0.39, 0.29) is 0 Å². The maximum atomic E-state index is 5.83. The Labute approximate surface area is 97.5 Å². The molecule has 0 unspecified atom stereocenters. The summed E-state index contributed by atoms with van der Waals surface area (Å²) in [4.78, 5) is 4.30. The summed E-state index contributed by atoms with van der Waals surface area (Å²) >= 11 is 0. The van der Waals surface area contributed by atoms with Crippen LogP contribution in [0.4, 0.5) is 5.69 Å². The third-order valence-electron chi connectivity index (χ3n) is 2.68. The minimum absolute atomic E-state index is 0.642. The van der Waals surface area contributed by atoms with Crippen LogP contribution < -0.4 is 5.73 Å². The summed E-state index contributed by atoms with van der Waals surface area (Å²) in [6, 6.07) is 1.75. The number of nitrogens with one attached hydrogen (secondary N) is 1.